The van der Waals surface area contributed by atoms with Gasteiger partial charge in [0.15, 0.2) is 0 Å². The standard InChI is InChI=1S/C10H24OSi/c1-7-10(4,9(2)3)11-8-12(5)6/h9,12H,7-8H2,1-6H3. The Morgan fingerprint density at radius 1 is 1.33 bits per heavy atom. The lowest BCUT2D eigenvalue weighted by Crippen LogP contribution is -2.36. The van der Waals surface area contributed by atoms with Gasteiger partial charge in [0.1, 0.15) is 0 Å². The third-order valence-corrected chi connectivity index (χ3v) is 3.50. The highest BCUT2D eigenvalue weighted by Gasteiger charge is 2.26. The molecule has 12 heavy (non-hydrogen) atoms. The van der Waals surface area contributed by atoms with Crippen LogP contribution in [0, 0.1) is 5.92 Å². The summed E-state index contributed by atoms with van der Waals surface area (Å²) in [4.78, 5) is 0. The van der Waals surface area contributed by atoms with E-state index in [4.69, 9.17) is 4.74 Å². The Labute approximate surface area is 79.1 Å². The van der Waals surface area contributed by atoms with Crippen molar-refractivity contribution in [3.8, 4) is 0 Å². The lowest BCUT2D eigenvalue weighted by atomic mass is 9.90. The van der Waals surface area contributed by atoms with Gasteiger partial charge in [0.25, 0.3) is 0 Å². The van der Waals surface area contributed by atoms with Crippen LogP contribution in [0.2, 0.25) is 13.1 Å². The number of hydrogen-bond acceptors (Lipinski definition) is 1. The van der Waals surface area contributed by atoms with Crippen LogP contribution in [0.1, 0.15) is 34.1 Å². The second-order valence-corrected chi connectivity index (χ2v) is 7.65. The monoisotopic (exact) mass is 188 g/mol. The Morgan fingerprint density at radius 3 is 2.08 bits per heavy atom. The van der Waals surface area contributed by atoms with Crippen LogP contribution in [0.25, 0.3) is 0 Å². The van der Waals surface area contributed by atoms with Crippen LogP contribution in [-0.2, 0) is 4.74 Å². The first-order chi connectivity index (χ1) is 5.42. The molecule has 2 heteroatoms. The van der Waals surface area contributed by atoms with Crippen molar-refractivity contribution in [1.82, 2.24) is 0 Å². The molecular weight excluding hydrogens is 164 g/mol. The van der Waals surface area contributed by atoms with E-state index in [0.29, 0.717) is 5.92 Å². The Hall–Kier alpha value is 0.177. The molecule has 0 aliphatic rings. The Morgan fingerprint density at radius 2 is 1.83 bits per heavy atom. The highest BCUT2D eigenvalue weighted by Crippen LogP contribution is 2.24. The topological polar surface area (TPSA) is 9.23 Å². The molecule has 0 aliphatic heterocycles. The van der Waals surface area contributed by atoms with E-state index in [-0.39, 0.29) is 5.60 Å². The first-order valence-electron chi connectivity index (χ1n) is 5.06. The second-order valence-electron chi connectivity index (χ2n) is 4.53. The largest absolute Gasteiger partial charge is 0.379 e. The fourth-order valence-electron chi connectivity index (χ4n) is 1.03. The molecule has 1 atom stereocenters. The highest BCUT2D eigenvalue weighted by atomic mass is 28.3. The SMILES string of the molecule is CCC(C)(OC[SiH](C)C)C(C)C. The van der Waals surface area contributed by atoms with E-state index in [9.17, 15) is 0 Å². The molecule has 0 amide bonds. The van der Waals surface area contributed by atoms with Gasteiger partial charge in [-0.1, -0.05) is 33.9 Å². The first kappa shape index (κ1) is 12.2. The summed E-state index contributed by atoms with van der Waals surface area (Å²) in [5, 5.41) is 0. The predicted octanol–water partition coefficient (Wildman–Crippen LogP) is 2.85. The van der Waals surface area contributed by atoms with E-state index in [2.05, 4.69) is 40.8 Å². The van der Waals surface area contributed by atoms with Crippen LogP contribution in [0.4, 0.5) is 0 Å². The minimum absolute atomic E-state index is 0.108. The molecule has 0 fully saturated rings. The quantitative estimate of drug-likeness (QED) is 0.603. The molecule has 0 N–H and O–H groups in total. The van der Waals surface area contributed by atoms with Gasteiger partial charge in [-0.05, 0) is 19.3 Å². The third kappa shape index (κ3) is 3.72. The summed E-state index contributed by atoms with van der Waals surface area (Å²) in [6, 6.07) is 0. The molecule has 0 radical (unpaired) electrons. The summed E-state index contributed by atoms with van der Waals surface area (Å²) >= 11 is 0. The number of rotatable bonds is 5. The average molecular weight is 188 g/mol. The Kier molecular flexibility index (Phi) is 5.10. The maximum absolute atomic E-state index is 5.96. The van der Waals surface area contributed by atoms with E-state index in [1.165, 1.54) is 0 Å². The zero-order valence-electron chi connectivity index (χ0n) is 9.48. The van der Waals surface area contributed by atoms with Crippen molar-refractivity contribution in [2.45, 2.75) is 52.8 Å². The fraction of sp³-hybridized carbons (Fsp3) is 1.00. The van der Waals surface area contributed by atoms with E-state index in [1.54, 1.807) is 0 Å². The summed E-state index contributed by atoms with van der Waals surface area (Å²) < 4.78 is 5.96. The first-order valence-corrected chi connectivity index (χ1v) is 8.19. The summed E-state index contributed by atoms with van der Waals surface area (Å²) in [5.41, 5.74) is 0.108. The van der Waals surface area contributed by atoms with Gasteiger partial charge in [-0.15, -0.1) is 0 Å². The van der Waals surface area contributed by atoms with Crippen molar-refractivity contribution in [1.29, 1.82) is 0 Å². The maximum Gasteiger partial charge on any atom is 0.0670 e. The van der Waals surface area contributed by atoms with Crippen molar-refractivity contribution < 1.29 is 4.74 Å². The summed E-state index contributed by atoms with van der Waals surface area (Å²) in [7, 11) is -0.548. The van der Waals surface area contributed by atoms with Gasteiger partial charge in [0.05, 0.1) is 14.4 Å². The van der Waals surface area contributed by atoms with Crippen LogP contribution in [0.15, 0.2) is 0 Å². The van der Waals surface area contributed by atoms with Gasteiger partial charge in [0.2, 0.25) is 0 Å². The molecule has 1 nitrogen and oxygen atoms in total. The molecule has 0 heterocycles. The third-order valence-electron chi connectivity index (χ3n) is 2.67. The minimum Gasteiger partial charge on any atom is -0.379 e. The van der Waals surface area contributed by atoms with E-state index in [1.807, 2.05) is 0 Å². The lowest BCUT2D eigenvalue weighted by molar-refractivity contribution is -0.0471. The van der Waals surface area contributed by atoms with E-state index >= 15 is 0 Å². The fourth-order valence-corrected chi connectivity index (χ4v) is 1.75. The Bertz CT molecular complexity index is 123. The van der Waals surface area contributed by atoms with Gasteiger partial charge >= 0.3 is 0 Å². The zero-order chi connectivity index (χ0) is 9.78. The molecule has 0 aromatic heterocycles. The van der Waals surface area contributed by atoms with Crippen LogP contribution >= 0.6 is 0 Å². The van der Waals surface area contributed by atoms with Gasteiger partial charge in [-0.2, -0.15) is 0 Å². The van der Waals surface area contributed by atoms with E-state index in [0.717, 1.165) is 12.7 Å². The molecule has 0 aromatic rings. The van der Waals surface area contributed by atoms with Crippen molar-refractivity contribution in [2.75, 3.05) is 6.23 Å². The average Bonchev–Trinajstić information content (AvgIpc) is 1.99. The molecule has 0 bridgehead atoms. The van der Waals surface area contributed by atoms with Crippen LogP contribution in [-0.4, -0.2) is 20.6 Å². The van der Waals surface area contributed by atoms with E-state index < -0.39 is 8.80 Å². The molecule has 0 aliphatic carbocycles. The second kappa shape index (κ2) is 5.03. The lowest BCUT2D eigenvalue weighted by Gasteiger charge is -2.33. The van der Waals surface area contributed by atoms with Crippen molar-refractivity contribution >= 4 is 8.80 Å². The summed E-state index contributed by atoms with van der Waals surface area (Å²) in [5.74, 6) is 0.621. The van der Waals surface area contributed by atoms with Crippen LogP contribution in [0.3, 0.4) is 0 Å². The predicted molar refractivity (Wildman–Crippen MR) is 58.4 cm³/mol. The van der Waals surface area contributed by atoms with Gasteiger partial charge in [-0.3, -0.25) is 0 Å². The summed E-state index contributed by atoms with van der Waals surface area (Å²) in [6.07, 6.45) is 2.13. The number of ether oxygens (including phenoxy) is 1. The van der Waals surface area contributed by atoms with Gasteiger partial charge in [0, 0.05) is 6.23 Å². The van der Waals surface area contributed by atoms with Crippen molar-refractivity contribution in [3.05, 3.63) is 0 Å². The molecule has 1 unspecified atom stereocenters. The molecule has 0 aromatic carbocycles. The van der Waals surface area contributed by atoms with Gasteiger partial charge in [-0.25, -0.2) is 0 Å². The smallest absolute Gasteiger partial charge is 0.0670 e. The Balaban J connectivity index is 3.97. The number of hydrogen-bond donors (Lipinski definition) is 0. The molecule has 0 saturated heterocycles. The zero-order valence-corrected chi connectivity index (χ0v) is 10.6. The van der Waals surface area contributed by atoms with Crippen molar-refractivity contribution in [3.63, 3.8) is 0 Å². The van der Waals surface area contributed by atoms with Crippen LogP contribution in [0.5, 0.6) is 0 Å². The summed E-state index contributed by atoms with van der Waals surface area (Å²) in [6.45, 7) is 13.6. The molecule has 0 spiro atoms. The normalized spacial score (nSPS) is 17.0. The molecular formula is C10H24OSi. The molecule has 0 rings (SSSR count). The molecule has 74 valence electrons. The minimum atomic E-state index is -0.548. The van der Waals surface area contributed by atoms with Crippen molar-refractivity contribution in [2.24, 2.45) is 5.92 Å². The molecule has 0 saturated carbocycles. The van der Waals surface area contributed by atoms with Crippen LogP contribution < -0.4 is 0 Å². The van der Waals surface area contributed by atoms with Gasteiger partial charge < -0.3 is 4.74 Å². The highest BCUT2D eigenvalue weighted by molar-refractivity contribution is 6.55. The maximum atomic E-state index is 5.96.